The molecular weight excluding hydrogens is 719 g/mol. The predicted octanol–water partition coefficient (Wildman–Crippen LogP) is 10.4. The third kappa shape index (κ3) is 11.3. The molecule has 3 N–H and O–H groups in total. The van der Waals surface area contributed by atoms with Crippen molar-refractivity contribution in [3.63, 3.8) is 0 Å². The Morgan fingerprint density at radius 2 is 1.56 bits per heavy atom. The molecule has 11 heteroatoms. The van der Waals surface area contributed by atoms with Crippen LogP contribution >= 0.6 is 11.3 Å². The van der Waals surface area contributed by atoms with E-state index < -0.39 is 16.1 Å². The fourth-order valence-corrected chi connectivity index (χ4v) is 7.84. The predicted molar refractivity (Wildman–Crippen MR) is 217 cm³/mol. The van der Waals surface area contributed by atoms with Gasteiger partial charge in [-0.2, -0.15) is 8.42 Å². The van der Waals surface area contributed by atoms with E-state index in [9.17, 15) is 18.3 Å². The fourth-order valence-electron chi connectivity index (χ4n) is 6.32. The summed E-state index contributed by atoms with van der Waals surface area (Å²) in [5.41, 5.74) is 6.45. The van der Waals surface area contributed by atoms with Gasteiger partial charge in [-0.15, -0.1) is 11.3 Å². The van der Waals surface area contributed by atoms with Gasteiger partial charge in [-0.25, -0.2) is 4.98 Å². The van der Waals surface area contributed by atoms with Crippen molar-refractivity contribution in [3.05, 3.63) is 137 Å². The summed E-state index contributed by atoms with van der Waals surface area (Å²) < 4.78 is 35.6. The minimum atomic E-state index is -4.02. The first kappa shape index (κ1) is 40.4. The van der Waals surface area contributed by atoms with Crippen LogP contribution in [0.4, 0.5) is 0 Å². The number of rotatable bonds is 16. The molecule has 2 heterocycles. The summed E-state index contributed by atoms with van der Waals surface area (Å²) in [4.78, 5) is 23.9. The SMILES string of the molecule is CCCC(CCC)c1ccc(OCc2ccc(-c3ccc(CN(CC(=O)O)C(C)c4nc5ccccc5[nH]4)s3)cc2)cc1.Cc1ccc(S(=O)(=O)O)cc1. The summed E-state index contributed by atoms with van der Waals surface area (Å²) in [6.45, 7) is 9.33. The number of fused-ring (bicyclic) bond motifs is 1. The number of thiophene rings is 1. The van der Waals surface area contributed by atoms with Crippen LogP contribution in [0.15, 0.2) is 114 Å². The van der Waals surface area contributed by atoms with Gasteiger partial charge in [-0.3, -0.25) is 14.2 Å². The van der Waals surface area contributed by atoms with Gasteiger partial charge < -0.3 is 14.8 Å². The summed E-state index contributed by atoms with van der Waals surface area (Å²) in [5, 5.41) is 9.62. The minimum Gasteiger partial charge on any atom is -0.489 e. The average molecular weight is 768 g/mol. The van der Waals surface area contributed by atoms with Crippen molar-refractivity contribution in [1.82, 2.24) is 14.9 Å². The number of hydrogen-bond acceptors (Lipinski definition) is 7. The highest BCUT2D eigenvalue weighted by molar-refractivity contribution is 7.85. The number of aliphatic carboxylic acids is 1. The Labute approximate surface area is 322 Å². The van der Waals surface area contributed by atoms with Crippen LogP contribution in [-0.4, -0.2) is 45.5 Å². The molecule has 0 saturated carbocycles. The molecule has 4 aromatic carbocycles. The molecule has 6 aromatic rings. The van der Waals surface area contributed by atoms with Crippen LogP contribution in [-0.2, 0) is 28.1 Å². The van der Waals surface area contributed by atoms with Gasteiger partial charge in [0.1, 0.15) is 18.2 Å². The van der Waals surface area contributed by atoms with E-state index in [1.165, 1.54) is 43.4 Å². The summed E-state index contributed by atoms with van der Waals surface area (Å²) >= 11 is 1.69. The van der Waals surface area contributed by atoms with E-state index in [4.69, 9.17) is 14.3 Å². The maximum atomic E-state index is 11.7. The molecular formula is C43H49N3O6S2. The topological polar surface area (TPSA) is 133 Å². The number of carboxylic acids is 1. The molecule has 1 atom stereocenters. The van der Waals surface area contributed by atoms with Gasteiger partial charge in [-0.1, -0.05) is 92.9 Å². The Bertz CT molecular complexity index is 2160. The third-order valence-corrected chi connectivity index (χ3v) is 11.3. The first-order valence-corrected chi connectivity index (χ1v) is 20.5. The van der Waals surface area contributed by atoms with Crippen LogP contribution < -0.4 is 4.74 Å². The average Bonchev–Trinajstić information content (AvgIpc) is 3.81. The van der Waals surface area contributed by atoms with Crippen molar-refractivity contribution < 1.29 is 27.6 Å². The molecule has 0 bridgehead atoms. The van der Waals surface area contributed by atoms with E-state index in [2.05, 4.69) is 79.5 Å². The molecule has 0 aliphatic heterocycles. The Morgan fingerprint density at radius 1 is 0.889 bits per heavy atom. The Kier molecular flexibility index (Phi) is 14.2. The molecule has 0 fully saturated rings. The number of aromatic nitrogens is 2. The molecule has 284 valence electrons. The molecule has 2 aromatic heterocycles. The first-order chi connectivity index (χ1) is 25.9. The lowest BCUT2D eigenvalue weighted by atomic mass is 9.90. The van der Waals surface area contributed by atoms with E-state index in [1.807, 2.05) is 43.0 Å². The van der Waals surface area contributed by atoms with Crippen molar-refractivity contribution in [2.45, 2.75) is 83.4 Å². The van der Waals surface area contributed by atoms with E-state index in [1.54, 1.807) is 23.5 Å². The lowest BCUT2D eigenvalue weighted by Crippen LogP contribution is -2.32. The van der Waals surface area contributed by atoms with Crippen LogP contribution in [0.5, 0.6) is 5.75 Å². The van der Waals surface area contributed by atoms with Crippen molar-refractivity contribution in [1.29, 1.82) is 0 Å². The van der Waals surface area contributed by atoms with Gasteiger partial charge in [0.15, 0.2) is 0 Å². The van der Waals surface area contributed by atoms with Crippen LogP contribution in [0.3, 0.4) is 0 Å². The molecule has 54 heavy (non-hydrogen) atoms. The number of carboxylic acid groups (broad SMARTS) is 1. The molecule has 0 radical (unpaired) electrons. The van der Waals surface area contributed by atoms with Gasteiger partial charge in [-0.05, 0) is 97.8 Å². The second kappa shape index (κ2) is 19.0. The second-order valence-electron chi connectivity index (χ2n) is 13.5. The zero-order chi connectivity index (χ0) is 38.7. The summed E-state index contributed by atoms with van der Waals surface area (Å²) in [5.74, 6) is 1.44. The maximum absolute atomic E-state index is 11.7. The number of nitrogens with one attached hydrogen (secondary N) is 1. The van der Waals surface area contributed by atoms with E-state index in [0.29, 0.717) is 19.1 Å². The normalized spacial score (nSPS) is 12.1. The van der Waals surface area contributed by atoms with E-state index in [0.717, 1.165) is 49.1 Å². The molecule has 0 aliphatic carbocycles. The smallest absolute Gasteiger partial charge is 0.317 e. The summed E-state index contributed by atoms with van der Waals surface area (Å²) in [6, 6.07) is 35.0. The molecule has 0 amide bonds. The number of nitrogens with zero attached hydrogens (tertiary/aromatic N) is 2. The van der Waals surface area contributed by atoms with Gasteiger partial charge in [0.05, 0.1) is 28.5 Å². The van der Waals surface area contributed by atoms with Crippen molar-refractivity contribution in [2.24, 2.45) is 0 Å². The Morgan fingerprint density at radius 3 is 2.17 bits per heavy atom. The number of imidazole rings is 1. The number of hydrogen-bond donors (Lipinski definition) is 3. The van der Waals surface area contributed by atoms with Crippen LogP contribution in [0, 0.1) is 6.92 Å². The fraction of sp³-hybridized carbons (Fsp3) is 0.302. The largest absolute Gasteiger partial charge is 0.489 e. The Hall–Kier alpha value is -4.81. The minimum absolute atomic E-state index is 0.0666. The quantitative estimate of drug-likeness (QED) is 0.0829. The first-order valence-electron chi connectivity index (χ1n) is 18.3. The standard InChI is InChI=1S/C36H41N3O3S.C7H8O3S/c1-4-8-27(9-5-2)28-16-18-30(19-17-28)42-24-26-12-14-29(15-13-26)34-21-20-31(43-34)22-39(23-35(40)41)25(3)36-37-32-10-6-7-11-33(32)38-36;1-6-2-4-7(5-3-6)11(8,9)10/h6-7,10-21,25,27H,4-5,8-9,22-24H2,1-3H3,(H,37,38)(H,40,41);2-5H,1H3,(H,8,9,10). The number of carbonyl (C=O) groups is 1. The van der Waals surface area contributed by atoms with E-state index >= 15 is 0 Å². The monoisotopic (exact) mass is 767 g/mol. The van der Waals surface area contributed by atoms with Crippen LogP contribution in [0.2, 0.25) is 0 Å². The van der Waals surface area contributed by atoms with Crippen LogP contribution in [0.1, 0.15) is 85.8 Å². The van der Waals surface area contributed by atoms with E-state index in [-0.39, 0.29) is 17.5 Å². The lowest BCUT2D eigenvalue weighted by molar-refractivity contribution is -0.139. The van der Waals surface area contributed by atoms with Gasteiger partial charge in [0, 0.05) is 16.3 Å². The number of ether oxygens (including phenoxy) is 1. The van der Waals surface area contributed by atoms with Gasteiger partial charge >= 0.3 is 5.97 Å². The summed E-state index contributed by atoms with van der Waals surface area (Å²) in [7, 11) is -4.02. The van der Waals surface area contributed by atoms with Crippen molar-refractivity contribution in [2.75, 3.05) is 6.54 Å². The molecule has 9 nitrogen and oxygen atoms in total. The number of H-pyrrole nitrogens is 1. The molecule has 0 spiro atoms. The van der Waals surface area contributed by atoms with Crippen molar-refractivity contribution >= 4 is 38.5 Å². The number of aryl methyl sites for hydroxylation is 1. The van der Waals surface area contributed by atoms with Gasteiger partial charge in [0.2, 0.25) is 0 Å². The lowest BCUT2D eigenvalue weighted by Gasteiger charge is -2.25. The zero-order valence-corrected chi connectivity index (χ0v) is 32.9. The molecule has 0 saturated heterocycles. The number of aromatic amines is 1. The third-order valence-electron chi connectivity index (χ3n) is 9.30. The highest BCUT2D eigenvalue weighted by atomic mass is 32.2. The van der Waals surface area contributed by atoms with Gasteiger partial charge in [0.25, 0.3) is 10.1 Å². The maximum Gasteiger partial charge on any atom is 0.317 e. The number of para-hydroxylation sites is 2. The van der Waals surface area contributed by atoms with Crippen molar-refractivity contribution in [3.8, 4) is 16.2 Å². The zero-order valence-electron chi connectivity index (χ0n) is 31.2. The summed E-state index contributed by atoms with van der Waals surface area (Å²) in [6.07, 6.45) is 4.87. The molecule has 0 aliphatic rings. The molecule has 1 unspecified atom stereocenters. The second-order valence-corrected chi connectivity index (χ2v) is 16.1. The number of benzene rings is 4. The highest BCUT2D eigenvalue weighted by Gasteiger charge is 2.22. The highest BCUT2D eigenvalue weighted by Crippen LogP contribution is 2.32. The molecule has 6 rings (SSSR count). The Balaban J connectivity index is 0.000000438. The van der Waals surface area contributed by atoms with Crippen LogP contribution in [0.25, 0.3) is 21.5 Å².